The van der Waals surface area contributed by atoms with Crippen LogP contribution in [-0.4, -0.2) is 15.0 Å². The third-order valence-corrected chi connectivity index (χ3v) is 11.3. The Hall–Kier alpha value is -7.23. The molecule has 0 amide bonds. The van der Waals surface area contributed by atoms with Crippen LogP contribution in [0.4, 0.5) is 0 Å². The lowest BCUT2D eigenvalue weighted by Gasteiger charge is -2.34. The van der Waals surface area contributed by atoms with E-state index in [1.807, 2.05) is 18.2 Å². The second-order valence-electron chi connectivity index (χ2n) is 14.3. The van der Waals surface area contributed by atoms with Gasteiger partial charge in [0, 0.05) is 32.8 Å². The number of hydrogen-bond acceptors (Lipinski definition) is 3. The Morgan fingerprint density at radius 3 is 1.62 bits per heavy atom. The average Bonchev–Trinajstić information content (AvgIpc) is 3.56. The smallest absolute Gasteiger partial charge is 0.160 e. The molecule has 1 aliphatic carbocycles. The van der Waals surface area contributed by atoms with Crippen LogP contribution in [0.25, 0.3) is 77.6 Å². The van der Waals surface area contributed by atoms with Gasteiger partial charge < -0.3 is 0 Å². The molecular weight excluding hydrogens is 667 g/mol. The molecule has 55 heavy (non-hydrogen) atoms. The van der Waals surface area contributed by atoms with Gasteiger partial charge in [0.15, 0.2) is 5.82 Å². The Balaban J connectivity index is 1.18. The molecular formula is C52H33N3. The van der Waals surface area contributed by atoms with Gasteiger partial charge in [-0.2, -0.15) is 0 Å². The molecule has 0 saturated carbocycles. The monoisotopic (exact) mass is 699 g/mol. The van der Waals surface area contributed by atoms with E-state index in [-0.39, 0.29) is 0 Å². The van der Waals surface area contributed by atoms with Crippen molar-refractivity contribution < 1.29 is 0 Å². The van der Waals surface area contributed by atoms with Crippen molar-refractivity contribution in [3.05, 3.63) is 222 Å². The van der Waals surface area contributed by atoms with E-state index in [0.29, 0.717) is 5.82 Å². The molecule has 2 aromatic heterocycles. The first kappa shape index (κ1) is 31.3. The Morgan fingerprint density at radius 1 is 0.309 bits per heavy atom. The average molecular weight is 700 g/mol. The van der Waals surface area contributed by atoms with Crippen molar-refractivity contribution in [2.24, 2.45) is 0 Å². The third kappa shape index (κ3) is 4.80. The van der Waals surface area contributed by atoms with Crippen LogP contribution in [0.15, 0.2) is 200 Å². The molecule has 0 saturated heterocycles. The Bertz CT molecular complexity index is 3040. The molecule has 3 nitrogen and oxygen atoms in total. The number of rotatable bonds is 5. The zero-order valence-corrected chi connectivity index (χ0v) is 29.9. The van der Waals surface area contributed by atoms with Crippen molar-refractivity contribution in [2.45, 2.75) is 5.41 Å². The summed E-state index contributed by atoms with van der Waals surface area (Å²) < 4.78 is 0. The number of aromatic nitrogens is 3. The van der Waals surface area contributed by atoms with E-state index in [2.05, 4.69) is 182 Å². The minimum atomic E-state index is -0.489. The van der Waals surface area contributed by atoms with Crippen molar-refractivity contribution in [1.82, 2.24) is 15.0 Å². The Morgan fingerprint density at radius 2 is 0.873 bits per heavy atom. The van der Waals surface area contributed by atoms with Gasteiger partial charge in [0.25, 0.3) is 0 Å². The molecule has 0 spiro atoms. The SMILES string of the molecule is c1ccc(-c2nc(-c3cccc(-c4nc5ccccc5c5cc6c(cc45)-c4ccccc4C6(c4ccccc4)c4ccccc4)c3)nc3ccccc23)cc1. The first-order valence-corrected chi connectivity index (χ1v) is 18.8. The lowest BCUT2D eigenvalue weighted by Crippen LogP contribution is -2.28. The highest BCUT2D eigenvalue weighted by molar-refractivity contribution is 6.13. The van der Waals surface area contributed by atoms with Gasteiger partial charge in [0.05, 0.1) is 27.8 Å². The first-order valence-electron chi connectivity index (χ1n) is 18.8. The van der Waals surface area contributed by atoms with E-state index in [0.717, 1.165) is 55.3 Å². The summed E-state index contributed by atoms with van der Waals surface area (Å²) in [5.41, 5.74) is 13.9. The molecule has 0 atom stereocenters. The molecule has 3 heteroatoms. The van der Waals surface area contributed by atoms with Crippen LogP contribution in [-0.2, 0) is 5.41 Å². The third-order valence-electron chi connectivity index (χ3n) is 11.3. The highest BCUT2D eigenvalue weighted by Crippen LogP contribution is 2.57. The summed E-state index contributed by atoms with van der Waals surface area (Å²) >= 11 is 0. The van der Waals surface area contributed by atoms with Crippen LogP contribution >= 0.6 is 0 Å². The van der Waals surface area contributed by atoms with E-state index in [9.17, 15) is 0 Å². The maximum atomic E-state index is 5.42. The van der Waals surface area contributed by atoms with Crippen LogP contribution in [0.1, 0.15) is 22.3 Å². The van der Waals surface area contributed by atoms with E-state index in [4.69, 9.17) is 15.0 Å². The minimum Gasteiger partial charge on any atom is -0.247 e. The number of pyridine rings is 1. The van der Waals surface area contributed by atoms with Crippen LogP contribution in [0.2, 0.25) is 0 Å². The molecule has 0 N–H and O–H groups in total. The molecule has 10 aromatic rings. The zero-order valence-electron chi connectivity index (χ0n) is 29.9. The molecule has 0 unspecified atom stereocenters. The molecule has 8 aromatic carbocycles. The van der Waals surface area contributed by atoms with Gasteiger partial charge in [-0.25, -0.2) is 15.0 Å². The van der Waals surface area contributed by atoms with Crippen LogP contribution < -0.4 is 0 Å². The molecule has 1 aliphatic rings. The minimum absolute atomic E-state index is 0.489. The molecule has 256 valence electrons. The second-order valence-corrected chi connectivity index (χ2v) is 14.3. The lowest BCUT2D eigenvalue weighted by molar-refractivity contribution is 0.769. The number of hydrogen-bond donors (Lipinski definition) is 0. The van der Waals surface area contributed by atoms with Gasteiger partial charge in [0.2, 0.25) is 0 Å². The van der Waals surface area contributed by atoms with E-state index in [1.54, 1.807) is 0 Å². The largest absolute Gasteiger partial charge is 0.247 e. The van der Waals surface area contributed by atoms with Crippen molar-refractivity contribution in [3.63, 3.8) is 0 Å². The van der Waals surface area contributed by atoms with E-state index >= 15 is 0 Å². The fraction of sp³-hybridized carbons (Fsp3) is 0.0192. The number of benzene rings is 8. The quantitative estimate of drug-likeness (QED) is 0.168. The van der Waals surface area contributed by atoms with Crippen molar-refractivity contribution >= 4 is 32.6 Å². The van der Waals surface area contributed by atoms with E-state index < -0.39 is 5.41 Å². The van der Waals surface area contributed by atoms with E-state index in [1.165, 1.54) is 38.8 Å². The van der Waals surface area contributed by atoms with Crippen molar-refractivity contribution in [1.29, 1.82) is 0 Å². The fourth-order valence-corrected chi connectivity index (χ4v) is 8.93. The van der Waals surface area contributed by atoms with Gasteiger partial charge in [-0.3, -0.25) is 0 Å². The summed E-state index contributed by atoms with van der Waals surface area (Å²) in [5, 5.41) is 4.47. The summed E-state index contributed by atoms with van der Waals surface area (Å²) in [6, 6.07) is 71.5. The zero-order chi connectivity index (χ0) is 36.3. The maximum Gasteiger partial charge on any atom is 0.160 e. The topological polar surface area (TPSA) is 38.7 Å². The lowest BCUT2D eigenvalue weighted by atomic mass is 9.67. The van der Waals surface area contributed by atoms with Crippen LogP contribution in [0.3, 0.4) is 0 Å². The van der Waals surface area contributed by atoms with Crippen molar-refractivity contribution in [2.75, 3.05) is 0 Å². The summed E-state index contributed by atoms with van der Waals surface area (Å²) in [4.78, 5) is 15.7. The normalized spacial score (nSPS) is 12.9. The second kappa shape index (κ2) is 12.4. The molecule has 0 radical (unpaired) electrons. The molecule has 0 bridgehead atoms. The highest BCUT2D eigenvalue weighted by atomic mass is 14.9. The molecule has 2 heterocycles. The summed E-state index contributed by atoms with van der Waals surface area (Å²) in [7, 11) is 0. The first-order chi connectivity index (χ1) is 27.3. The number of fused-ring (bicyclic) bond motifs is 7. The van der Waals surface area contributed by atoms with Crippen molar-refractivity contribution in [3.8, 4) is 45.0 Å². The predicted octanol–water partition coefficient (Wildman–Crippen LogP) is 12.7. The fourth-order valence-electron chi connectivity index (χ4n) is 8.93. The van der Waals surface area contributed by atoms with Gasteiger partial charge >= 0.3 is 0 Å². The molecule has 0 fully saturated rings. The highest BCUT2D eigenvalue weighted by Gasteiger charge is 2.46. The summed E-state index contributed by atoms with van der Waals surface area (Å²) in [6.45, 7) is 0. The summed E-state index contributed by atoms with van der Waals surface area (Å²) in [6.07, 6.45) is 0. The van der Waals surface area contributed by atoms with Crippen LogP contribution in [0, 0.1) is 0 Å². The maximum absolute atomic E-state index is 5.42. The van der Waals surface area contributed by atoms with Gasteiger partial charge in [-0.05, 0) is 69.1 Å². The standard InChI is InChI=1S/C52H33N3/c1-4-17-34(18-5-1)49-41-27-12-15-30-48(41)54-51(55-49)36-20-16-19-35(31-36)50-44-32-43-39-25-10-13-28-45(39)52(37-21-6-2-7-22-37,38-23-8-3-9-24-38)46(43)33-42(44)40-26-11-14-29-47(40)53-50/h1-33H. The van der Waals surface area contributed by atoms with Gasteiger partial charge in [-0.1, -0.05) is 170 Å². The Kier molecular flexibility index (Phi) is 7.08. The number of para-hydroxylation sites is 2. The molecule has 11 rings (SSSR count). The van der Waals surface area contributed by atoms with Gasteiger partial charge in [0.1, 0.15) is 0 Å². The number of nitrogens with zero attached hydrogens (tertiary/aromatic N) is 3. The molecule has 0 aliphatic heterocycles. The predicted molar refractivity (Wildman–Crippen MR) is 226 cm³/mol. The Labute approximate surface area is 319 Å². The van der Waals surface area contributed by atoms with Crippen LogP contribution in [0.5, 0.6) is 0 Å². The summed E-state index contributed by atoms with van der Waals surface area (Å²) in [5.74, 6) is 0.690. The van der Waals surface area contributed by atoms with Gasteiger partial charge in [-0.15, -0.1) is 0 Å².